The third-order valence-corrected chi connectivity index (χ3v) is 1.55. The summed E-state index contributed by atoms with van der Waals surface area (Å²) in [6.07, 6.45) is 6.14. The Kier molecular flexibility index (Phi) is 2.50. The van der Waals surface area contributed by atoms with Crippen LogP contribution in [0.1, 0.15) is 11.1 Å². The highest BCUT2D eigenvalue weighted by Crippen LogP contribution is 2.00. The average Bonchev–Trinajstić information content (AvgIpc) is 2.08. The Labute approximate surface area is 74.2 Å². The molecule has 2 N–H and O–H groups in total. The van der Waals surface area contributed by atoms with Gasteiger partial charge in [0.2, 0.25) is 0 Å². The number of rotatable bonds is 2. The van der Waals surface area contributed by atoms with E-state index in [9.17, 15) is 9.59 Å². The minimum atomic E-state index is -1.08. The van der Waals surface area contributed by atoms with E-state index in [1.54, 1.807) is 0 Å². The van der Waals surface area contributed by atoms with Crippen molar-refractivity contribution < 1.29 is 9.90 Å². The van der Waals surface area contributed by atoms with Crippen LogP contribution >= 0.6 is 0 Å². The van der Waals surface area contributed by atoms with Crippen LogP contribution in [0.3, 0.4) is 0 Å². The molecule has 1 aromatic heterocycles. The molecule has 4 nitrogen and oxygen atoms in total. The minimum Gasteiger partial charge on any atom is -0.481 e. The molecule has 0 saturated heterocycles. The van der Waals surface area contributed by atoms with E-state index in [-0.39, 0.29) is 12.0 Å². The monoisotopic (exact) mass is 177 g/mol. The van der Waals surface area contributed by atoms with Gasteiger partial charge in [-0.15, -0.1) is 6.42 Å². The van der Waals surface area contributed by atoms with E-state index in [4.69, 9.17) is 11.5 Å². The first-order valence-electron chi connectivity index (χ1n) is 3.54. The van der Waals surface area contributed by atoms with Crippen molar-refractivity contribution in [2.24, 2.45) is 0 Å². The van der Waals surface area contributed by atoms with Gasteiger partial charge >= 0.3 is 5.97 Å². The van der Waals surface area contributed by atoms with Crippen molar-refractivity contribution in [2.45, 2.75) is 6.42 Å². The number of pyridine rings is 1. The Morgan fingerprint density at radius 1 is 1.69 bits per heavy atom. The number of carboxylic acid groups (broad SMARTS) is 1. The number of hydrogen-bond donors (Lipinski definition) is 2. The number of terminal acetylenes is 1. The highest BCUT2D eigenvalue weighted by molar-refractivity contribution is 5.71. The van der Waals surface area contributed by atoms with Gasteiger partial charge in [0.1, 0.15) is 0 Å². The first-order valence-corrected chi connectivity index (χ1v) is 3.54. The van der Waals surface area contributed by atoms with Gasteiger partial charge in [0.05, 0.1) is 6.42 Å². The molecule has 13 heavy (non-hydrogen) atoms. The number of carboxylic acids is 1. The summed E-state index contributed by atoms with van der Waals surface area (Å²) in [4.78, 5) is 23.9. The Hall–Kier alpha value is -2.02. The second kappa shape index (κ2) is 3.59. The molecule has 0 spiro atoms. The molecule has 0 bridgehead atoms. The lowest BCUT2D eigenvalue weighted by atomic mass is 10.1. The zero-order chi connectivity index (χ0) is 9.84. The number of H-pyrrole nitrogens is 1. The van der Waals surface area contributed by atoms with E-state index in [1.165, 1.54) is 12.3 Å². The molecule has 1 heterocycles. The average molecular weight is 177 g/mol. The molecular weight excluding hydrogens is 170 g/mol. The van der Waals surface area contributed by atoms with Gasteiger partial charge in [-0.05, 0) is 6.07 Å². The molecule has 0 unspecified atom stereocenters. The van der Waals surface area contributed by atoms with E-state index < -0.39 is 11.5 Å². The van der Waals surface area contributed by atoms with Gasteiger partial charge in [-0.25, -0.2) is 0 Å². The van der Waals surface area contributed by atoms with Crippen molar-refractivity contribution in [3.63, 3.8) is 0 Å². The third kappa shape index (κ3) is 1.97. The molecule has 0 amide bonds. The van der Waals surface area contributed by atoms with E-state index in [1.807, 2.05) is 0 Å². The zero-order valence-electron chi connectivity index (χ0n) is 6.70. The number of aromatic amines is 1. The van der Waals surface area contributed by atoms with Crippen molar-refractivity contribution in [2.75, 3.05) is 0 Å². The van der Waals surface area contributed by atoms with Crippen LogP contribution in [0.2, 0.25) is 0 Å². The van der Waals surface area contributed by atoms with Gasteiger partial charge in [0.25, 0.3) is 5.56 Å². The summed E-state index contributed by atoms with van der Waals surface area (Å²) in [6.45, 7) is 0. The van der Waals surface area contributed by atoms with Crippen molar-refractivity contribution in [1.82, 2.24) is 4.98 Å². The molecule has 1 aromatic rings. The van der Waals surface area contributed by atoms with Crippen LogP contribution in [0.4, 0.5) is 0 Å². The van der Waals surface area contributed by atoms with Gasteiger partial charge < -0.3 is 10.1 Å². The highest BCUT2D eigenvalue weighted by Gasteiger charge is 2.08. The van der Waals surface area contributed by atoms with E-state index >= 15 is 0 Å². The summed E-state index contributed by atoms with van der Waals surface area (Å²) in [5.74, 6) is 1.18. The Morgan fingerprint density at radius 3 is 2.92 bits per heavy atom. The number of nitrogens with one attached hydrogen (secondary N) is 1. The Morgan fingerprint density at radius 2 is 2.38 bits per heavy atom. The van der Waals surface area contributed by atoms with Crippen LogP contribution < -0.4 is 5.56 Å². The SMILES string of the molecule is C#Cc1cc[nH]c(=O)c1CC(=O)O. The zero-order valence-corrected chi connectivity index (χ0v) is 6.70. The van der Waals surface area contributed by atoms with Crippen molar-refractivity contribution >= 4 is 5.97 Å². The van der Waals surface area contributed by atoms with Crippen LogP contribution in [-0.4, -0.2) is 16.1 Å². The minimum absolute atomic E-state index is 0.123. The summed E-state index contributed by atoms with van der Waals surface area (Å²) in [5.41, 5.74) is 0.00139. The smallest absolute Gasteiger partial charge is 0.308 e. The maximum absolute atomic E-state index is 11.1. The lowest BCUT2D eigenvalue weighted by Gasteiger charge is -1.98. The van der Waals surface area contributed by atoms with Crippen LogP contribution in [-0.2, 0) is 11.2 Å². The van der Waals surface area contributed by atoms with Crippen molar-refractivity contribution in [3.05, 3.63) is 33.7 Å². The molecule has 4 heteroatoms. The molecule has 0 aromatic carbocycles. The molecular formula is C9H7NO3. The van der Waals surface area contributed by atoms with Crippen LogP contribution in [0.5, 0.6) is 0 Å². The number of aromatic nitrogens is 1. The first kappa shape index (κ1) is 9.07. The molecule has 1 rings (SSSR count). The van der Waals surface area contributed by atoms with Crippen molar-refractivity contribution in [3.8, 4) is 12.3 Å². The molecule has 0 aliphatic rings. The van der Waals surface area contributed by atoms with Gasteiger partial charge in [-0.3, -0.25) is 9.59 Å². The third-order valence-electron chi connectivity index (χ3n) is 1.55. The summed E-state index contributed by atoms with van der Waals surface area (Å²) in [5, 5.41) is 8.49. The summed E-state index contributed by atoms with van der Waals surface area (Å²) >= 11 is 0. The van der Waals surface area contributed by atoms with Gasteiger partial charge in [0, 0.05) is 17.3 Å². The Bertz CT molecular complexity index is 425. The summed E-state index contributed by atoms with van der Waals surface area (Å²) in [6, 6.07) is 1.50. The predicted molar refractivity (Wildman–Crippen MR) is 46.3 cm³/mol. The molecule has 0 fully saturated rings. The molecule has 66 valence electrons. The van der Waals surface area contributed by atoms with Gasteiger partial charge in [-0.1, -0.05) is 5.92 Å². The molecule has 0 aliphatic carbocycles. The number of aliphatic carboxylic acids is 1. The van der Waals surface area contributed by atoms with Gasteiger partial charge in [-0.2, -0.15) is 0 Å². The maximum Gasteiger partial charge on any atom is 0.308 e. The topological polar surface area (TPSA) is 70.2 Å². The number of hydrogen-bond acceptors (Lipinski definition) is 2. The normalized spacial score (nSPS) is 9.15. The standard InChI is InChI=1S/C9H7NO3/c1-2-6-3-4-10-9(13)7(6)5-8(11)12/h1,3-4H,5H2,(H,10,13)(H,11,12). The summed E-state index contributed by atoms with van der Waals surface area (Å²) in [7, 11) is 0. The van der Waals surface area contributed by atoms with Crippen LogP contribution in [0, 0.1) is 12.3 Å². The molecule has 0 saturated carbocycles. The Balaban J connectivity index is 3.25. The van der Waals surface area contributed by atoms with Gasteiger partial charge in [0.15, 0.2) is 0 Å². The van der Waals surface area contributed by atoms with Crippen LogP contribution in [0.25, 0.3) is 0 Å². The first-order chi connectivity index (χ1) is 6.15. The van der Waals surface area contributed by atoms with E-state index in [2.05, 4.69) is 10.9 Å². The fourth-order valence-electron chi connectivity index (χ4n) is 0.973. The number of carbonyl (C=O) groups is 1. The molecule has 0 atom stereocenters. The second-order valence-electron chi connectivity index (χ2n) is 2.41. The highest BCUT2D eigenvalue weighted by atomic mass is 16.4. The predicted octanol–water partition coefficient (Wildman–Crippen LogP) is -0.0167. The maximum atomic E-state index is 11.1. The lowest BCUT2D eigenvalue weighted by Crippen LogP contribution is -2.17. The quantitative estimate of drug-likeness (QED) is 0.624. The van der Waals surface area contributed by atoms with E-state index in [0.29, 0.717) is 5.56 Å². The second-order valence-corrected chi connectivity index (χ2v) is 2.41. The van der Waals surface area contributed by atoms with Crippen LogP contribution in [0.15, 0.2) is 17.1 Å². The fourth-order valence-corrected chi connectivity index (χ4v) is 0.973. The molecule has 0 radical (unpaired) electrons. The largest absolute Gasteiger partial charge is 0.481 e. The fraction of sp³-hybridized carbons (Fsp3) is 0.111. The lowest BCUT2D eigenvalue weighted by molar-refractivity contribution is -0.136. The summed E-state index contributed by atoms with van der Waals surface area (Å²) < 4.78 is 0. The van der Waals surface area contributed by atoms with Crippen molar-refractivity contribution in [1.29, 1.82) is 0 Å². The molecule has 0 aliphatic heterocycles. The van der Waals surface area contributed by atoms with E-state index in [0.717, 1.165) is 0 Å².